The van der Waals surface area contributed by atoms with E-state index in [0.29, 0.717) is 6.42 Å². The first-order valence-electron chi connectivity index (χ1n) is 8.56. The maximum Gasteiger partial charge on any atom is 0.318 e. The van der Waals surface area contributed by atoms with Crippen molar-refractivity contribution in [1.29, 1.82) is 0 Å². The third-order valence-corrected chi connectivity index (χ3v) is 5.28. The van der Waals surface area contributed by atoms with Gasteiger partial charge in [0.2, 0.25) is 0 Å². The predicted octanol–water partition coefficient (Wildman–Crippen LogP) is 3.81. The Balaban J connectivity index is 1.95. The van der Waals surface area contributed by atoms with E-state index in [1.54, 1.807) is 0 Å². The molecule has 1 aromatic rings. The van der Waals surface area contributed by atoms with Crippen LogP contribution >= 0.6 is 11.8 Å². The number of aliphatic hydroxyl groups excluding tert-OH is 1. The fourth-order valence-corrected chi connectivity index (χ4v) is 3.75. The average molecular weight is 337 g/mol. The van der Waals surface area contributed by atoms with Crippen LogP contribution in [0.2, 0.25) is 0 Å². The topological polar surface area (TPSA) is 52.6 Å². The molecule has 2 amide bonds. The molecule has 128 valence electrons. The second-order valence-electron chi connectivity index (χ2n) is 6.03. The van der Waals surface area contributed by atoms with Crippen LogP contribution in [0.4, 0.5) is 4.79 Å². The molecule has 1 aliphatic rings. The summed E-state index contributed by atoms with van der Waals surface area (Å²) in [5.74, 6) is 1.06. The van der Waals surface area contributed by atoms with E-state index >= 15 is 0 Å². The zero-order valence-electron chi connectivity index (χ0n) is 14.1. The molecule has 0 saturated carbocycles. The number of nitrogens with one attached hydrogen (secondary N) is 1. The highest BCUT2D eigenvalue weighted by atomic mass is 32.2. The van der Waals surface area contributed by atoms with Crippen LogP contribution in [0.1, 0.15) is 51.1 Å². The highest BCUT2D eigenvalue weighted by molar-refractivity contribution is 7.99. The fourth-order valence-electron chi connectivity index (χ4n) is 3.09. The summed E-state index contributed by atoms with van der Waals surface area (Å²) in [6, 6.07) is 8.55. The Kier molecular flexibility index (Phi) is 7.24. The summed E-state index contributed by atoms with van der Waals surface area (Å²) in [6.07, 6.45) is 3.85. The third-order valence-electron chi connectivity index (χ3n) is 4.38. The predicted molar refractivity (Wildman–Crippen MR) is 95.8 cm³/mol. The first-order valence-corrected chi connectivity index (χ1v) is 9.55. The average Bonchev–Trinajstić information content (AvgIpc) is 2.56. The van der Waals surface area contributed by atoms with Gasteiger partial charge in [-0.25, -0.2) is 4.79 Å². The third kappa shape index (κ3) is 5.15. The standard InChI is InChI=1S/C18H28N2O2S/c1-3-23-17-9-7-15(8-10-17)14(2)19-18(22)20-12-5-4-6-16(20)11-13-21/h7-10,14,16,21H,3-6,11-13H2,1-2H3,(H,19,22). The van der Waals surface area contributed by atoms with Gasteiger partial charge in [0.1, 0.15) is 0 Å². The molecule has 0 radical (unpaired) electrons. The van der Waals surface area contributed by atoms with Gasteiger partial charge in [0, 0.05) is 24.1 Å². The van der Waals surface area contributed by atoms with Crippen LogP contribution in [0.15, 0.2) is 29.2 Å². The lowest BCUT2D eigenvalue weighted by atomic mass is 10.00. The molecule has 2 unspecified atom stereocenters. The normalized spacial score (nSPS) is 19.4. The molecule has 2 rings (SSSR count). The lowest BCUT2D eigenvalue weighted by molar-refractivity contribution is 0.130. The van der Waals surface area contributed by atoms with Crippen molar-refractivity contribution in [2.24, 2.45) is 0 Å². The molecule has 1 heterocycles. The summed E-state index contributed by atoms with van der Waals surface area (Å²) < 4.78 is 0. The maximum absolute atomic E-state index is 12.6. The molecular formula is C18H28N2O2S. The van der Waals surface area contributed by atoms with E-state index in [0.717, 1.165) is 37.1 Å². The highest BCUT2D eigenvalue weighted by Crippen LogP contribution is 2.23. The maximum atomic E-state index is 12.6. The SMILES string of the molecule is CCSc1ccc(C(C)NC(=O)N2CCCCC2CCO)cc1. The molecule has 1 saturated heterocycles. The van der Waals surface area contributed by atoms with Gasteiger partial charge in [0.25, 0.3) is 0 Å². The minimum absolute atomic E-state index is 0.0114. The number of aliphatic hydroxyl groups is 1. The minimum Gasteiger partial charge on any atom is -0.396 e. The van der Waals surface area contributed by atoms with Gasteiger partial charge >= 0.3 is 6.03 Å². The minimum atomic E-state index is -0.0140. The summed E-state index contributed by atoms with van der Waals surface area (Å²) in [4.78, 5) is 15.7. The number of carbonyl (C=O) groups is 1. The zero-order chi connectivity index (χ0) is 16.7. The Morgan fingerprint density at radius 1 is 1.39 bits per heavy atom. The Morgan fingerprint density at radius 3 is 2.78 bits per heavy atom. The smallest absolute Gasteiger partial charge is 0.318 e. The van der Waals surface area contributed by atoms with Crippen molar-refractivity contribution in [2.75, 3.05) is 18.9 Å². The van der Waals surface area contributed by atoms with Gasteiger partial charge in [0.15, 0.2) is 0 Å². The van der Waals surface area contributed by atoms with E-state index in [1.807, 2.05) is 23.6 Å². The number of benzene rings is 1. The molecule has 23 heavy (non-hydrogen) atoms. The molecule has 2 N–H and O–H groups in total. The number of carbonyl (C=O) groups excluding carboxylic acids is 1. The Labute approximate surface area is 143 Å². The van der Waals surface area contributed by atoms with Gasteiger partial charge in [-0.15, -0.1) is 11.8 Å². The molecule has 2 atom stereocenters. The number of hydrogen-bond donors (Lipinski definition) is 2. The van der Waals surface area contributed by atoms with E-state index in [1.165, 1.54) is 4.90 Å². The Bertz CT molecular complexity index is 490. The number of thioether (sulfide) groups is 1. The first-order chi connectivity index (χ1) is 11.2. The molecule has 0 aromatic heterocycles. The Morgan fingerprint density at radius 2 is 2.13 bits per heavy atom. The molecule has 5 heteroatoms. The summed E-state index contributed by atoms with van der Waals surface area (Å²) >= 11 is 1.82. The van der Waals surface area contributed by atoms with Gasteiger partial charge in [-0.2, -0.15) is 0 Å². The van der Waals surface area contributed by atoms with Crippen molar-refractivity contribution < 1.29 is 9.90 Å². The van der Waals surface area contributed by atoms with Gasteiger partial charge in [-0.3, -0.25) is 0 Å². The summed E-state index contributed by atoms with van der Waals surface area (Å²) in [5, 5.41) is 12.3. The molecule has 0 bridgehead atoms. The van der Waals surface area contributed by atoms with E-state index in [9.17, 15) is 9.90 Å². The molecule has 0 spiro atoms. The molecule has 4 nitrogen and oxygen atoms in total. The summed E-state index contributed by atoms with van der Waals surface area (Å²) in [7, 11) is 0. The van der Waals surface area contributed by atoms with Crippen LogP contribution in [0.5, 0.6) is 0 Å². The number of urea groups is 1. The Hall–Kier alpha value is -1.20. The van der Waals surface area contributed by atoms with Crippen LogP contribution in [0.25, 0.3) is 0 Å². The fraction of sp³-hybridized carbons (Fsp3) is 0.611. The number of rotatable bonds is 6. The quantitative estimate of drug-likeness (QED) is 0.777. The zero-order valence-corrected chi connectivity index (χ0v) is 14.9. The van der Waals surface area contributed by atoms with Gasteiger partial charge < -0.3 is 15.3 Å². The molecule has 0 aliphatic carbocycles. The second-order valence-corrected chi connectivity index (χ2v) is 7.37. The number of piperidine rings is 1. The highest BCUT2D eigenvalue weighted by Gasteiger charge is 2.27. The first kappa shape index (κ1) is 18.1. The number of nitrogens with zero attached hydrogens (tertiary/aromatic N) is 1. The van der Waals surface area contributed by atoms with Crippen LogP contribution in [-0.4, -0.2) is 41.0 Å². The van der Waals surface area contributed by atoms with Crippen LogP contribution in [0, 0.1) is 0 Å². The molecule has 1 aromatic carbocycles. The second kappa shape index (κ2) is 9.18. The van der Waals surface area contributed by atoms with Gasteiger partial charge in [-0.1, -0.05) is 19.1 Å². The molecular weight excluding hydrogens is 308 g/mol. The van der Waals surface area contributed by atoms with Crippen molar-refractivity contribution in [3.63, 3.8) is 0 Å². The monoisotopic (exact) mass is 336 g/mol. The van der Waals surface area contributed by atoms with Crippen LogP contribution in [0.3, 0.4) is 0 Å². The van der Waals surface area contributed by atoms with Gasteiger partial charge in [0.05, 0.1) is 6.04 Å². The van der Waals surface area contributed by atoms with Crippen molar-refractivity contribution in [3.05, 3.63) is 29.8 Å². The number of likely N-dealkylation sites (tertiary alicyclic amines) is 1. The van der Waals surface area contributed by atoms with Crippen molar-refractivity contribution in [2.45, 2.75) is 56.5 Å². The van der Waals surface area contributed by atoms with Crippen LogP contribution < -0.4 is 5.32 Å². The van der Waals surface area contributed by atoms with Crippen LogP contribution in [-0.2, 0) is 0 Å². The largest absolute Gasteiger partial charge is 0.396 e. The number of amides is 2. The summed E-state index contributed by atoms with van der Waals surface area (Å²) in [5.41, 5.74) is 1.12. The van der Waals surface area contributed by atoms with E-state index in [-0.39, 0.29) is 24.7 Å². The van der Waals surface area contributed by atoms with E-state index in [4.69, 9.17) is 0 Å². The van der Waals surface area contributed by atoms with Gasteiger partial charge in [-0.05, 0) is 56.1 Å². The molecule has 1 fully saturated rings. The lowest BCUT2D eigenvalue weighted by Gasteiger charge is -2.36. The van der Waals surface area contributed by atoms with Crippen molar-refractivity contribution in [3.8, 4) is 0 Å². The van der Waals surface area contributed by atoms with E-state index < -0.39 is 0 Å². The summed E-state index contributed by atoms with van der Waals surface area (Å²) in [6.45, 7) is 5.09. The van der Waals surface area contributed by atoms with E-state index in [2.05, 4.69) is 36.5 Å². The van der Waals surface area contributed by atoms with Crippen molar-refractivity contribution >= 4 is 17.8 Å². The number of hydrogen-bond acceptors (Lipinski definition) is 3. The molecule has 1 aliphatic heterocycles. The van der Waals surface area contributed by atoms with Crippen molar-refractivity contribution in [1.82, 2.24) is 10.2 Å². The lowest BCUT2D eigenvalue weighted by Crippen LogP contribution is -2.49.